The van der Waals surface area contributed by atoms with E-state index in [1.165, 1.54) is 0 Å². The van der Waals surface area contributed by atoms with Crippen LogP contribution in [0.15, 0.2) is 24.4 Å². The van der Waals surface area contributed by atoms with Gasteiger partial charge in [0.25, 0.3) is 0 Å². The summed E-state index contributed by atoms with van der Waals surface area (Å²) in [6.07, 6.45) is 1.86. The first-order valence-corrected chi connectivity index (χ1v) is 3.99. The van der Waals surface area contributed by atoms with Crippen molar-refractivity contribution >= 4 is 22.5 Å². The van der Waals surface area contributed by atoms with E-state index >= 15 is 0 Å². The lowest BCUT2D eigenvalue weighted by Gasteiger charge is -2.01. The van der Waals surface area contributed by atoms with Gasteiger partial charge in [-0.25, -0.2) is 0 Å². The van der Waals surface area contributed by atoms with Gasteiger partial charge in [0.1, 0.15) is 5.75 Å². The molecule has 0 aliphatic rings. The van der Waals surface area contributed by atoms with Crippen LogP contribution in [-0.4, -0.2) is 12.1 Å². The van der Waals surface area contributed by atoms with Gasteiger partial charge >= 0.3 is 0 Å². The van der Waals surface area contributed by atoms with Crippen molar-refractivity contribution in [2.24, 2.45) is 0 Å². The molecule has 0 saturated carbocycles. The molecule has 12 heavy (non-hydrogen) atoms. The van der Waals surface area contributed by atoms with Crippen molar-refractivity contribution in [3.8, 4) is 5.75 Å². The number of nitrogens with one attached hydrogen (secondary N) is 1. The molecule has 0 unspecified atom stereocenters. The van der Waals surface area contributed by atoms with E-state index in [0.29, 0.717) is 5.02 Å². The Morgan fingerprint density at radius 2 is 2.25 bits per heavy atom. The van der Waals surface area contributed by atoms with Crippen LogP contribution in [0, 0.1) is 0 Å². The fraction of sp³-hybridized carbons (Fsp3) is 0.111. The highest BCUT2D eigenvalue weighted by molar-refractivity contribution is 6.31. The van der Waals surface area contributed by atoms with Gasteiger partial charge in [0, 0.05) is 22.7 Å². The normalized spacial score (nSPS) is 10.5. The highest BCUT2D eigenvalue weighted by Crippen LogP contribution is 2.28. The van der Waals surface area contributed by atoms with Crippen LogP contribution >= 0.6 is 11.6 Å². The highest BCUT2D eigenvalue weighted by Gasteiger charge is 2.03. The van der Waals surface area contributed by atoms with Gasteiger partial charge in [0.05, 0.1) is 12.6 Å². The van der Waals surface area contributed by atoms with E-state index in [0.717, 1.165) is 16.7 Å². The predicted octanol–water partition coefficient (Wildman–Crippen LogP) is 2.83. The maximum atomic E-state index is 5.87. The fourth-order valence-electron chi connectivity index (χ4n) is 1.26. The van der Waals surface area contributed by atoms with Crippen molar-refractivity contribution in [3.63, 3.8) is 0 Å². The van der Waals surface area contributed by atoms with Crippen molar-refractivity contribution in [1.82, 2.24) is 4.98 Å². The number of H-pyrrole nitrogens is 1. The van der Waals surface area contributed by atoms with Gasteiger partial charge in [0.2, 0.25) is 0 Å². The molecular formula is C9H8ClNO. The van der Waals surface area contributed by atoms with E-state index in [2.05, 4.69) is 4.98 Å². The van der Waals surface area contributed by atoms with E-state index in [-0.39, 0.29) is 0 Å². The SMILES string of the molecule is COc1cc(Cl)cc2cc[nH]c12. The molecule has 1 aromatic heterocycles. The lowest BCUT2D eigenvalue weighted by molar-refractivity contribution is 0.419. The second kappa shape index (κ2) is 2.72. The fourth-order valence-corrected chi connectivity index (χ4v) is 1.48. The average Bonchev–Trinajstić information content (AvgIpc) is 2.50. The van der Waals surface area contributed by atoms with Crippen LogP contribution in [0.4, 0.5) is 0 Å². The van der Waals surface area contributed by atoms with Crippen molar-refractivity contribution in [2.45, 2.75) is 0 Å². The smallest absolute Gasteiger partial charge is 0.144 e. The lowest BCUT2D eigenvalue weighted by Crippen LogP contribution is -1.83. The topological polar surface area (TPSA) is 25.0 Å². The number of benzene rings is 1. The Hall–Kier alpha value is -1.15. The van der Waals surface area contributed by atoms with Crippen LogP contribution in [0.25, 0.3) is 10.9 Å². The second-order valence-electron chi connectivity index (χ2n) is 2.55. The van der Waals surface area contributed by atoms with Crippen LogP contribution in [0.5, 0.6) is 5.75 Å². The molecule has 2 nitrogen and oxygen atoms in total. The summed E-state index contributed by atoms with van der Waals surface area (Å²) in [6, 6.07) is 5.65. The number of aromatic nitrogens is 1. The Labute approximate surface area is 75.1 Å². The number of methoxy groups -OCH3 is 1. The van der Waals surface area contributed by atoms with Gasteiger partial charge in [-0.3, -0.25) is 0 Å². The van der Waals surface area contributed by atoms with Gasteiger partial charge in [-0.1, -0.05) is 11.6 Å². The summed E-state index contributed by atoms with van der Waals surface area (Å²) in [7, 11) is 1.63. The Morgan fingerprint density at radius 3 is 3.00 bits per heavy atom. The largest absolute Gasteiger partial charge is 0.495 e. The van der Waals surface area contributed by atoms with Crippen molar-refractivity contribution < 1.29 is 4.74 Å². The van der Waals surface area contributed by atoms with Crippen LogP contribution in [0.3, 0.4) is 0 Å². The Kier molecular flexibility index (Phi) is 1.70. The van der Waals surface area contributed by atoms with Gasteiger partial charge in [-0.2, -0.15) is 0 Å². The third-order valence-electron chi connectivity index (χ3n) is 1.81. The molecule has 1 heterocycles. The lowest BCUT2D eigenvalue weighted by atomic mass is 10.2. The first-order valence-electron chi connectivity index (χ1n) is 3.62. The minimum atomic E-state index is 0.693. The monoisotopic (exact) mass is 181 g/mol. The first kappa shape index (κ1) is 7.50. The van der Waals surface area contributed by atoms with E-state index in [1.807, 2.05) is 18.3 Å². The molecule has 1 aromatic carbocycles. The first-order chi connectivity index (χ1) is 5.81. The number of hydrogen-bond acceptors (Lipinski definition) is 1. The molecule has 3 heteroatoms. The van der Waals surface area contributed by atoms with Gasteiger partial charge in [0.15, 0.2) is 0 Å². The molecule has 2 aromatic rings. The third kappa shape index (κ3) is 1.04. The van der Waals surface area contributed by atoms with Crippen LogP contribution < -0.4 is 4.74 Å². The van der Waals surface area contributed by atoms with Gasteiger partial charge in [-0.05, 0) is 12.1 Å². The summed E-state index contributed by atoms with van der Waals surface area (Å²) in [5, 5.41) is 1.76. The molecular weight excluding hydrogens is 174 g/mol. The molecule has 0 spiro atoms. The number of ether oxygens (including phenoxy) is 1. The van der Waals surface area contributed by atoms with E-state index < -0.39 is 0 Å². The Morgan fingerprint density at radius 1 is 1.42 bits per heavy atom. The molecule has 62 valence electrons. The maximum Gasteiger partial charge on any atom is 0.144 e. The van der Waals surface area contributed by atoms with Crippen LogP contribution in [-0.2, 0) is 0 Å². The zero-order valence-electron chi connectivity index (χ0n) is 6.60. The minimum absolute atomic E-state index is 0.693. The molecule has 0 aliphatic heterocycles. The molecule has 0 bridgehead atoms. The average molecular weight is 182 g/mol. The van der Waals surface area contributed by atoms with Gasteiger partial charge in [-0.15, -0.1) is 0 Å². The molecule has 1 N–H and O–H groups in total. The number of aromatic amines is 1. The summed E-state index contributed by atoms with van der Waals surface area (Å²) in [5.74, 6) is 0.780. The summed E-state index contributed by atoms with van der Waals surface area (Å²) in [6.45, 7) is 0. The van der Waals surface area contributed by atoms with Crippen molar-refractivity contribution in [2.75, 3.05) is 7.11 Å². The number of fused-ring (bicyclic) bond motifs is 1. The van der Waals surface area contributed by atoms with E-state index in [9.17, 15) is 0 Å². The highest BCUT2D eigenvalue weighted by atomic mass is 35.5. The Bertz CT molecular complexity index is 408. The Balaban J connectivity index is 2.80. The third-order valence-corrected chi connectivity index (χ3v) is 2.03. The van der Waals surface area contributed by atoms with Crippen molar-refractivity contribution in [3.05, 3.63) is 29.4 Å². The van der Waals surface area contributed by atoms with E-state index in [4.69, 9.17) is 16.3 Å². The zero-order valence-corrected chi connectivity index (χ0v) is 7.35. The minimum Gasteiger partial charge on any atom is -0.495 e. The molecule has 0 amide bonds. The summed E-state index contributed by atoms with van der Waals surface area (Å²) in [4.78, 5) is 3.08. The molecule has 0 atom stereocenters. The molecule has 2 rings (SSSR count). The van der Waals surface area contributed by atoms with Crippen molar-refractivity contribution in [1.29, 1.82) is 0 Å². The second-order valence-corrected chi connectivity index (χ2v) is 2.99. The van der Waals surface area contributed by atoms with Crippen LogP contribution in [0.1, 0.15) is 0 Å². The molecule has 0 saturated heterocycles. The standard InChI is InChI=1S/C9H8ClNO/c1-12-8-5-7(10)4-6-2-3-11-9(6)8/h2-5,11H,1H3. The zero-order chi connectivity index (χ0) is 8.55. The quantitative estimate of drug-likeness (QED) is 0.719. The van der Waals surface area contributed by atoms with Gasteiger partial charge < -0.3 is 9.72 Å². The molecule has 0 aliphatic carbocycles. The number of rotatable bonds is 1. The summed E-state index contributed by atoms with van der Waals surface area (Å²) in [5.41, 5.74) is 0.988. The van der Waals surface area contributed by atoms with E-state index in [1.54, 1.807) is 13.2 Å². The summed E-state index contributed by atoms with van der Waals surface area (Å²) < 4.78 is 5.15. The number of hydrogen-bond donors (Lipinski definition) is 1. The maximum absolute atomic E-state index is 5.87. The summed E-state index contributed by atoms with van der Waals surface area (Å²) >= 11 is 5.87. The molecule has 0 fully saturated rings. The molecule has 0 radical (unpaired) electrons. The number of halogens is 1. The predicted molar refractivity (Wildman–Crippen MR) is 49.9 cm³/mol. The van der Waals surface area contributed by atoms with Crippen LogP contribution in [0.2, 0.25) is 5.02 Å².